The molecule has 0 saturated heterocycles. The third kappa shape index (κ3) is 4.11. The van der Waals surface area contributed by atoms with Crippen LogP contribution in [0.3, 0.4) is 0 Å². The highest BCUT2D eigenvalue weighted by Gasteiger charge is 2.34. The second-order valence-corrected chi connectivity index (χ2v) is 7.28. The molecule has 168 valence electrons. The molecule has 1 atom stereocenters. The quantitative estimate of drug-likeness (QED) is 0.623. The molecule has 0 fully saturated rings. The van der Waals surface area contributed by atoms with Gasteiger partial charge in [0.2, 0.25) is 5.88 Å². The first kappa shape index (κ1) is 21.9. The number of aryl methyl sites for hydroxylation is 1. The van der Waals surface area contributed by atoms with E-state index in [9.17, 15) is 18.8 Å². The van der Waals surface area contributed by atoms with Crippen LogP contribution in [0.2, 0.25) is 0 Å². The Morgan fingerprint density at radius 1 is 1.15 bits per heavy atom. The van der Waals surface area contributed by atoms with Gasteiger partial charge in [0, 0.05) is 17.7 Å². The number of benzene rings is 2. The molecule has 0 bridgehead atoms. The lowest BCUT2D eigenvalue weighted by Gasteiger charge is -2.25. The Morgan fingerprint density at radius 3 is 2.61 bits per heavy atom. The average Bonchev–Trinajstić information content (AvgIpc) is 2.77. The van der Waals surface area contributed by atoms with Gasteiger partial charge in [-0.3, -0.25) is 0 Å². The SMILES string of the molecule is COc1ccc([C@@H]2C(C#N)=C(N)Oc3cc(C)oc(=O)c32)cc1COc1ccc(F)cc1F. The monoisotopic (exact) mass is 452 g/mol. The largest absolute Gasteiger partial charge is 0.496 e. The zero-order chi connectivity index (χ0) is 23.7. The Morgan fingerprint density at radius 2 is 1.91 bits per heavy atom. The first-order valence-electron chi connectivity index (χ1n) is 9.79. The maximum atomic E-state index is 14.0. The molecule has 2 aromatic carbocycles. The van der Waals surface area contributed by atoms with E-state index < -0.39 is 23.2 Å². The summed E-state index contributed by atoms with van der Waals surface area (Å²) < 4.78 is 48.8. The predicted molar refractivity (Wildman–Crippen MR) is 113 cm³/mol. The van der Waals surface area contributed by atoms with Crippen molar-refractivity contribution in [3.05, 3.63) is 98.4 Å². The van der Waals surface area contributed by atoms with Crippen molar-refractivity contribution in [3.8, 4) is 23.3 Å². The van der Waals surface area contributed by atoms with Crippen LogP contribution >= 0.6 is 0 Å². The van der Waals surface area contributed by atoms with E-state index in [1.165, 1.54) is 19.2 Å². The maximum absolute atomic E-state index is 14.0. The fraction of sp³-hybridized carbons (Fsp3) is 0.167. The molecule has 1 aliphatic heterocycles. The highest BCUT2D eigenvalue weighted by atomic mass is 19.1. The maximum Gasteiger partial charge on any atom is 0.343 e. The van der Waals surface area contributed by atoms with Crippen molar-refractivity contribution < 1.29 is 27.4 Å². The van der Waals surface area contributed by atoms with Crippen LogP contribution in [0.15, 0.2) is 63.1 Å². The van der Waals surface area contributed by atoms with Crippen molar-refractivity contribution >= 4 is 0 Å². The van der Waals surface area contributed by atoms with E-state index in [-0.39, 0.29) is 35.1 Å². The van der Waals surface area contributed by atoms with Gasteiger partial charge >= 0.3 is 5.63 Å². The first-order valence-corrected chi connectivity index (χ1v) is 9.79. The number of rotatable bonds is 5. The van der Waals surface area contributed by atoms with Gasteiger partial charge in [-0.15, -0.1) is 0 Å². The standard InChI is InChI=1S/C24H18F2N2O5/c1-12-7-20-22(24(29)32-12)21(16(10-27)23(28)33-20)13-3-5-18(30-2)14(8-13)11-31-19-6-4-15(25)9-17(19)26/h3-9,21H,11,28H2,1-2H3/t21-/m1/s1. The van der Waals surface area contributed by atoms with Crippen LogP contribution in [0.25, 0.3) is 0 Å². The number of allylic oxidation sites excluding steroid dienone is 1. The molecule has 0 aliphatic carbocycles. The molecule has 7 nitrogen and oxygen atoms in total. The Kier molecular flexibility index (Phi) is 5.75. The number of hydrogen-bond donors (Lipinski definition) is 1. The third-order valence-electron chi connectivity index (χ3n) is 5.17. The van der Waals surface area contributed by atoms with Gasteiger partial charge in [0.25, 0.3) is 0 Å². The first-order chi connectivity index (χ1) is 15.8. The smallest absolute Gasteiger partial charge is 0.343 e. The molecule has 0 radical (unpaired) electrons. The van der Waals surface area contributed by atoms with Crippen molar-refractivity contribution in [2.75, 3.05) is 7.11 Å². The van der Waals surface area contributed by atoms with Gasteiger partial charge in [-0.25, -0.2) is 13.6 Å². The Balaban J connectivity index is 1.78. The second-order valence-electron chi connectivity index (χ2n) is 7.28. The summed E-state index contributed by atoms with van der Waals surface area (Å²) in [4.78, 5) is 12.7. The summed E-state index contributed by atoms with van der Waals surface area (Å²) in [5.41, 5.74) is 6.51. The predicted octanol–water partition coefficient (Wildman–Crippen LogP) is 4.03. The summed E-state index contributed by atoms with van der Waals surface area (Å²) in [5.74, 6) is -1.73. The van der Waals surface area contributed by atoms with Gasteiger partial charge in [0.1, 0.15) is 41.3 Å². The normalized spacial score (nSPS) is 14.8. The molecular weight excluding hydrogens is 434 g/mol. The molecule has 9 heteroatoms. The highest BCUT2D eigenvalue weighted by molar-refractivity contribution is 5.56. The lowest BCUT2D eigenvalue weighted by Crippen LogP contribution is -2.26. The zero-order valence-electron chi connectivity index (χ0n) is 17.6. The Bertz CT molecular complexity index is 1370. The highest BCUT2D eigenvalue weighted by Crippen LogP contribution is 2.41. The van der Waals surface area contributed by atoms with Gasteiger partial charge in [-0.2, -0.15) is 5.26 Å². The summed E-state index contributed by atoms with van der Waals surface area (Å²) >= 11 is 0. The number of methoxy groups -OCH3 is 1. The molecule has 1 aromatic heterocycles. The van der Waals surface area contributed by atoms with Crippen LogP contribution in [0.4, 0.5) is 8.78 Å². The van der Waals surface area contributed by atoms with Crippen LogP contribution in [0.5, 0.6) is 17.2 Å². The van der Waals surface area contributed by atoms with Crippen LogP contribution in [0.1, 0.15) is 28.4 Å². The number of fused-ring (bicyclic) bond motifs is 1. The number of nitriles is 1. The fourth-order valence-corrected chi connectivity index (χ4v) is 3.69. The van der Waals surface area contributed by atoms with Crippen LogP contribution in [-0.4, -0.2) is 7.11 Å². The van der Waals surface area contributed by atoms with E-state index >= 15 is 0 Å². The number of nitrogens with zero attached hydrogens (tertiary/aromatic N) is 1. The summed E-state index contributed by atoms with van der Waals surface area (Å²) in [6.45, 7) is 1.47. The minimum absolute atomic E-state index is 0.0419. The molecule has 33 heavy (non-hydrogen) atoms. The van der Waals surface area contributed by atoms with Crippen molar-refractivity contribution in [3.63, 3.8) is 0 Å². The summed E-state index contributed by atoms with van der Waals surface area (Å²) in [6, 6.07) is 11.5. The molecule has 2 N–H and O–H groups in total. The summed E-state index contributed by atoms with van der Waals surface area (Å²) in [5, 5.41) is 9.72. The third-order valence-corrected chi connectivity index (χ3v) is 5.17. The van der Waals surface area contributed by atoms with Gasteiger partial charge in [-0.1, -0.05) is 6.07 Å². The Labute approximate surface area is 187 Å². The number of halogens is 2. The average molecular weight is 452 g/mol. The van der Waals surface area contributed by atoms with Crippen molar-refractivity contribution in [1.29, 1.82) is 5.26 Å². The van der Waals surface area contributed by atoms with E-state index in [1.54, 1.807) is 25.1 Å². The number of ether oxygens (including phenoxy) is 3. The summed E-state index contributed by atoms with van der Waals surface area (Å²) in [7, 11) is 1.46. The molecule has 0 spiro atoms. The van der Waals surface area contributed by atoms with E-state index in [2.05, 4.69) is 0 Å². The summed E-state index contributed by atoms with van der Waals surface area (Å²) in [6.07, 6.45) is 0. The van der Waals surface area contributed by atoms with E-state index in [1.807, 2.05) is 6.07 Å². The molecule has 3 aromatic rings. The van der Waals surface area contributed by atoms with Crippen molar-refractivity contribution in [2.24, 2.45) is 5.73 Å². The van der Waals surface area contributed by atoms with Crippen LogP contribution < -0.4 is 25.6 Å². The molecule has 0 unspecified atom stereocenters. The van der Waals surface area contributed by atoms with Crippen molar-refractivity contribution in [2.45, 2.75) is 19.4 Å². The van der Waals surface area contributed by atoms with Gasteiger partial charge in [-0.05, 0) is 36.8 Å². The molecule has 0 saturated carbocycles. The lowest BCUT2D eigenvalue weighted by atomic mass is 9.83. The number of nitrogens with two attached hydrogens (primary N) is 1. The van der Waals surface area contributed by atoms with E-state index in [0.29, 0.717) is 22.6 Å². The van der Waals surface area contributed by atoms with E-state index in [4.69, 9.17) is 24.4 Å². The zero-order valence-corrected chi connectivity index (χ0v) is 17.6. The molecule has 1 aliphatic rings. The van der Waals surface area contributed by atoms with Crippen LogP contribution in [0, 0.1) is 29.9 Å². The molecule has 0 amide bonds. The lowest BCUT2D eigenvalue weighted by molar-refractivity contribution is 0.281. The van der Waals surface area contributed by atoms with E-state index in [0.717, 1.165) is 12.1 Å². The Hall–Kier alpha value is -4.32. The van der Waals surface area contributed by atoms with Gasteiger partial charge < -0.3 is 24.4 Å². The van der Waals surface area contributed by atoms with Gasteiger partial charge in [0.15, 0.2) is 11.6 Å². The molecule has 2 heterocycles. The van der Waals surface area contributed by atoms with Crippen molar-refractivity contribution in [1.82, 2.24) is 0 Å². The minimum Gasteiger partial charge on any atom is -0.496 e. The molecule has 4 rings (SSSR count). The number of hydrogen-bond acceptors (Lipinski definition) is 7. The fourth-order valence-electron chi connectivity index (χ4n) is 3.69. The topological polar surface area (TPSA) is 108 Å². The minimum atomic E-state index is -0.859. The molecular formula is C24H18F2N2O5. The van der Waals surface area contributed by atoms with Crippen LogP contribution in [-0.2, 0) is 6.61 Å². The second kappa shape index (κ2) is 8.67. The van der Waals surface area contributed by atoms with Gasteiger partial charge in [0.05, 0.1) is 18.6 Å².